The molecule has 0 radical (unpaired) electrons. The van der Waals surface area contributed by atoms with Crippen molar-refractivity contribution in [1.29, 1.82) is 0 Å². The van der Waals surface area contributed by atoms with Crippen LogP contribution in [0.3, 0.4) is 0 Å². The first kappa shape index (κ1) is 14.0. The van der Waals surface area contributed by atoms with Crippen LogP contribution in [0.1, 0.15) is 24.1 Å². The molecule has 0 fully saturated rings. The van der Waals surface area contributed by atoms with Crippen molar-refractivity contribution in [3.8, 4) is 0 Å². The van der Waals surface area contributed by atoms with Gasteiger partial charge in [-0.05, 0) is 23.1 Å². The van der Waals surface area contributed by atoms with E-state index in [1.54, 1.807) is 36.4 Å². The second-order valence-electron chi connectivity index (χ2n) is 5.36. The van der Waals surface area contributed by atoms with Crippen LogP contribution >= 0.6 is 0 Å². The lowest BCUT2D eigenvalue weighted by Gasteiger charge is -2.29. The maximum absolute atomic E-state index is 12.5. The second-order valence-corrected chi connectivity index (χ2v) is 5.36. The number of carboxylic acids is 1. The van der Waals surface area contributed by atoms with E-state index in [0.717, 1.165) is 5.56 Å². The van der Waals surface area contributed by atoms with Gasteiger partial charge in [-0.2, -0.15) is 0 Å². The van der Waals surface area contributed by atoms with E-state index < -0.39 is 30.6 Å². The zero-order valence-electron chi connectivity index (χ0n) is 13.3. The summed E-state index contributed by atoms with van der Waals surface area (Å²) in [5, 5.41) is 12.1. The van der Waals surface area contributed by atoms with E-state index in [0.29, 0.717) is 17.5 Å². The Morgan fingerprint density at radius 3 is 2.61 bits per heavy atom. The first-order chi connectivity index (χ1) is 11.6. The zero-order valence-corrected chi connectivity index (χ0v) is 12.3. The standard InChI is InChI=1S/C18H17NO4/c20-17(21)15-10-13-8-4-5-9-14(13)16(19-15)18(22)23-11-12-6-2-1-3-7-12/h1-9,15-16,19H,10-11H2,(H,20,21)/i11D. The molecule has 118 valence electrons. The van der Waals surface area contributed by atoms with Crippen LogP contribution < -0.4 is 5.32 Å². The Morgan fingerprint density at radius 1 is 1.17 bits per heavy atom. The van der Waals surface area contributed by atoms with Crippen LogP contribution in [0.15, 0.2) is 54.6 Å². The summed E-state index contributed by atoms with van der Waals surface area (Å²) < 4.78 is 13.2. The molecule has 1 aliphatic rings. The molecule has 3 rings (SSSR count). The minimum absolute atomic E-state index is 0.304. The van der Waals surface area contributed by atoms with Gasteiger partial charge in [0.25, 0.3) is 0 Å². The van der Waals surface area contributed by atoms with Crippen LogP contribution in [0.5, 0.6) is 0 Å². The molecule has 0 saturated carbocycles. The Bertz CT molecular complexity index is 750. The number of nitrogens with one attached hydrogen (secondary N) is 1. The minimum atomic E-state index is -1.15. The maximum Gasteiger partial charge on any atom is 0.328 e. The summed E-state index contributed by atoms with van der Waals surface area (Å²) in [5.74, 6) is -1.68. The molecule has 0 aliphatic carbocycles. The van der Waals surface area contributed by atoms with Crippen LogP contribution in [-0.2, 0) is 27.3 Å². The van der Waals surface area contributed by atoms with E-state index >= 15 is 0 Å². The molecular formula is C18H17NO4. The molecule has 0 saturated heterocycles. The summed E-state index contributed by atoms with van der Waals surface area (Å²) in [7, 11) is 0. The molecule has 0 aromatic heterocycles. The third-order valence-electron chi connectivity index (χ3n) is 3.80. The number of ether oxygens (including phenoxy) is 1. The highest BCUT2D eigenvalue weighted by Gasteiger charge is 2.34. The van der Waals surface area contributed by atoms with Crippen molar-refractivity contribution in [3.63, 3.8) is 0 Å². The van der Waals surface area contributed by atoms with E-state index in [2.05, 4.69) is 5.32 Å². The average molecular weight is 312 g/mol. The molecule has 0 amide bonds. The Balaban J connectivity index is 1.82. The molecule has 2 N–H and O–H groups in total. The molecule has 1 aliphatic heterocycles. The fourth-order valence-corrected chi connectivity index (χ4v) is 2.65. The van der Waals surface area contributed by atoms with Crippen molar-refractivity contribution < 1.29 is 20.8 Å². The lowest BCUT2D eigenvalue weighted by atomic mass is 9.90. The number of benzene rings is 2. The number of rotatable bonds is 4. The Labute approximate surface area is 135 Å². The molecule has 2 aromatic carbocycles. The van der Waals surface area contributed by atoms with E-state index in [1.807, 2.05) is 18.2 Å². The summed E-state index contributed by atoms with van der Waals surface area (Å²) in [6.07, 6.45) is 0.304. The Morgan fingerprint density at radius 2 is 1.87 bits per heavy atom. The number of carboxylic acid groups (broad SMARTS) is 1. The molecule has 0 bridgehead atoms. The summed E-state index contributed by atoms with van der Waals surface area (Å²) in [6.45, 7) is -1.15. The fourth-order valence-electron chi connectivity index (χ4n) is 2.65. The normalized spacial score (nSPS) is 21.7. The predicted octanol–water partition coefficient (Wildman–Crippen LogP) is 2.07. The largest absolute Gasteiger partial charge is 0.480 e. The van der Waals surface area contributed by atoms with Crippen LogP contribution in [0.25, 0.3) is 0 Å². The van der Waals surface area contributed by atoms with Gasteiger partial charge in [0.05, 0.1) is 1.37 Å². The smallest absolute Gasteiger partial charge is 0.328 e. The first-order valence-electron chi connectivity index (χ1n) is 7.88. The summed E-state index contributed by atoms with van der Waals surface area (Å²) in [4.78, 5) is 23.8. The molecule has 3 unspecified atom stereocenters. The molecule has 5 nitrogen and oxygen atoms in total. The quantitative estimate of drug-likeness (QED) is 0.845. The molecule has 5 heteroatoms. The summed E-state index contributed by atoms with van der Waals surface area (Å²) >= 11 is 0. The third-order valence-corrected chi connectivity index (χ3v) is 3.80. The van der Waals surface area contributed by atoms with E-state index in [1.165, 1.54) is 0 Å². The van der Waals surface area contributed by atoms with Gasteiger partial charge in [-0.15, -0.1) is 0 Å². The van der Waals surface area contributed by atoms with Crippen molar-refractivity contribution >= 4 is 11.9 Å². The highest BCUT2D eigenvalue weighted by molar-refractivity contribution is 5.82. The maximum atomic E-state index is 12.5. The van der Waals surface area contributed by atoms with Crippen LogP contribution in [0, 0.1) is 0 Å². The lowest BCUT2D eigenvalue weighted by Crippen LogP contribution is -2.47. The zero-order chi connectivity index (χ0) is 17.1. The lowest BCUT2D eigenvalue weighted by molar-refractivity contribution is -0.149. The van der Waals surface area contributed by atoms with Gasteiger partial charge in [0, 0.05) is 0 Å². The highest BCUT2D eigenvalue weighted by Crippen LogP contribution is 2.26. The van der Waals surface area contributed by atoms with Crippen LogP contribution in [0.2, 0.25) is 0 Å². The third kappa shape index (κ3) is 3.40. The molecule has 1 heterocycles. The number of fused-ring (bicyclic) bond motifs is 1. The predicted molar refractivity (Wildman–Crippen MR) is 83.7 cm³/mol. The molecule has 0 spiro atoms. The van der Waals surface area contributed by atoms with Crippen LogP contribution in [0.4, 0.5) is 0 Å². The number of esters is 1. The number of carbonyl (C=O) groups excluding carboxylic acids is 1. The van der Waals surface area contributed by atoms with E-state index in [4.69, 9.17) is 6.11 Å². The van der Waals surface area contributed by atoms with Crippen molar-refractivity contribution in [2.24, 2.45) is 0 Å². The Kier molecular flexibility index (Phi) is 4.02. The van der Waals surface area contributed by atoms with Crippen LogP contribution in [-0.4, -0.2) is 23.1 Å². The van der Waals surface area contributed by atoms with Crippen molar-refractivity contribution in [3.05, 3.63) is 71.3 Å². The van der Waals surface area contributed by atoms with Gasteiger partial charge in [0.15, 0.2) is 0 Å². The van der Waals surface area contributed by atoms with Gasteiger partial charge in [-0.1, -0.05) is 54.6 Å². The first-order valence-corrected chi connectivity index (χ1v) is 7.30. The van der Waals surface area contributed by atoms with Gasteiger partial charge in [-0.25, -0.2) is 4.79 Å². The topological polar surface area (TPSA) is 75.6 Å². The molecule has 2 aromatic rings. The fraction of sp³-hybridized carbons (Fsp3) is 0.222. The summed E-state index contributed by atoms with van der Waals surface area (Å²) in [6, 6.07) is 14.2. The second kappa shape index (κ2) is 6.62. The monoisotopic (exact) mass is 312 g/mol. The molecule has 23 heavy (non-hydrogen) atoms. The summed E-state index contributed by atoms with van der Waals surface area (Å²) in [5.41, 5.74) is 2.05. The van der Waals surface area contributed by atoms with Gasteiger partial charge >= 0.3 is 11.9 Å². The highest BCUT2D eigenvalue weighted by atomic mass is 16.5. The number of carbonyl (C=O) groups is 2. The molecule has 3 atom stereocenters. The van der Waals surface area contributed by atoms with Gasteiger partial charge < -0.3 is 9.84 Å². The number of hydrogen-bond donors (Lipinski definition) is 2. The van der Waals surface area contributed by atoms with Crippen molar-refractivity contribution in [2.45, 2.75) is 25.1 Å². The number of aliphatic carboxylic acids is 1. The van der Waals surface area contributed by atoms with Gasteiger partial charge in [-0.3, -0.25) is 10.1 Å². The van der Waals surface area contributed by atoms with E-state index in [-0.39, 0.29) is 0 Å². The average Bonchev–Trinajstić information content (AvgIpc) is 2.61. The van der Waals surface area contributed by atoms with E-state index in [9.17, 15) is 14.7 Å². The molecular weight excluding hydrogens is 294 g/mol. The SMILES string of the molecule is [2H]C(OC(=O)C1NC(C(=O)O)Cc2ccccc21)c1ccccc1. The van der Waals surface area contributed by atoms with Crippen molar-refractivity contribution in [2.75, 3.05) is 0 Å². The Hall–Kier alpha value is -2.66. The number of hydrogen-bond acceptors (Lipinski definition) is 4. The van der Waals surface area contributed by atoms with Gasteiger partial charge in [0.1, 0.15) is 18.7 Å². The minimum Gasteiger partial charge on any atom is -0.480 e. The van der Waals surface area contributed by atoms with Crippen molar-refractivity contribution in [1.82, 2.24) is 5.32 Å². The van der Waals surface area contributed by atoms with Gasteiger partial charge in [0.2, 0.25) is 0 Å².